The minimum Gasteiger partial charge on any atom is -0.466 e. The van der Waals surface area contributed by atoms with Gasteiger partial charge in [0.2, 0.25) is 0 Å². The van der Waals surface area contributed by atoms with E-state index >= 15 is 0 Å². The lowest BCUT2D eigenvalue weighted by molar-refractivity contribution is 0.0801. The van der Waals surface area contributed by atoms with Crippen molar-refractivity contribution >= 4 is 17.4 Å². The Morgan fingerprint density at radius 3 is 2.91 bits per heavy atom. The fourth-order valence-electron chi connectivity index (χ4n) is 2.47. The molecule has 0 spiro atoms. The monoisotopic (exact) mass is 336 g/mol. The third-order valence-electron chi connectivity index (χ3n) is 3.74. The summed E-state index contributed by atoms with van der Waals surface area (Å²) in [5.41, 5.74) is 0. The van der Waals surface area contributed by atoms with Crippen molar-refractivity contribution in [2.75, 3.05) is 13.2 Å². The van der Waals surface area contributed by atoms with Gasteiger partial charge in [0, 0.05) is 29.0 Å². The predicted molar refractivity (Wildman–Crippen MR) is 86.3 cm³/mol. The molecular weight excluding hydrogens is 316 g/mol. The molecule has 6 nitrogen and oxygen atoms in total. The highest BCUT2D eigenvalue weighted by Crippen LogP contribution is 2.28. The first-order valence-electron chi connectivity index (χ1n) is 7.64. The van der Waals surface area contributed by atoms with Crippen molar-refractivity contribution in [3.63, 3.8) is 0 Å². The van der Waals surface area contributed by atoms with Gasteiger partial charge in [0.1, 0.15) is 11.9 Å². The minimum atomic E-state index is -0.764. The van der Waals surface area contributed by atoms with Crippen LogP contribution in [0.25, 0.3) is 0 Å². The van der Waals surface area contributed by atoms with Crippen molar-refractivity contribution < 1.29 is 19.1 Å². The molecule has 2 aromatic rings. The van der Waals surface area contributed by atoms with E-state index in [0.29, 0.717) is 25.5 Å². The lowest BCUT2D eigenvalue weighted by atomic mass is 10.1. The van der Waals surface area contributed by atoms with Crippen molar-refractivity contribution in [3.05, 3.63) is 46.0 Å². The molecule has 124 valence electrons. The molecular formula is C16H20N2O4S. The summed E-state index contributed by atoms with van der Waals surface area (Å²) in [6.07, 6.45) is 2.48. The van der Waals surface area contributed by atoms with Crippen LogP contribution in [0.5, 0.6) is 0 Å². The molecule has 1 atom stereocenters. The van der Waals surface area contributed by atoms with Gasteiger partial charge in [-0.05, 0) is 37.1 Å². The highest BCUT2D eigenvalue weighted by Gasteiger charge is 2.17. The van der Waals surface area contributed by atoms with E-state index in [1.54, 1.807) is 12.1 Å². The molecule has 1 aliphatic heterocycles. The molecule has 0 aliphatic carbocycles. The molecule has 7 heteroatoms. The van der Waals surface area contributed by atoms with E-state index in [9.17, 15) is 9.90 Å². The molecule has 3 rings (SSSR count). The first kappa shape index (κ1) is 16.0. The van der Waals surface area contributed by atoms with Gasteiger partial charge in [-0.2, -0.15) is 0 Å². The van der Waals surface area contributed by atoms with E-state index < -0.39 is 6.10 Å². The molecule has 0 radical (unpaired) electrons. The number of hydrogen-bond donors (Lipinski definition) is 3. The third kappa shape index (κ3) is 4.34. The number of aliphatic hydroxyl groups is 1. The average Bonchev–Trinajstić information content (AvgIpc) is 3.25. The number of carbonyl (C=O) groups is 1. The summed E-state index contributed by atoms with van der Waals surface area (Å²) in [7, 11) is 0. The Bertz CT molecular complexity index is 620. The summed E-state index contributed by atoms with van der Waals surface area (Å²) >= 11 is 1.45. The second-order valence-electron chi connectivity index (χ2n) is 5.44. The summed E-state index contributed by atoms with van der Waals surface area (Å²) < 4.78 is 10.5. The maximum Gasteiger partial charge on any atom is 0.315 e. The van der Waals surface area contributed by atoms with Gasteiger partial charge in [0.05, 0.1) is 12.8 Å². The Hall–Kier alpha value is -1.83. The van der Waals surface area contributed by atoms with Crippen LogP contribution in [0, 0.1) is 0 Å². The first-order valence-corrected chi connectivity index (χ1v) is 8.46. The molecule has 23 heavy (non-hydrogen) atoms. The molecule has 1 unspecified atom stereocenters. The molecule has 0 bridgehead atoms. The van der Waals surface area contributed by atoms with Gasteiger partial charge >= 0.3 is 6.03 Å². The fourth-order valence-corrected chi connectivity index (χ4v) is 3.42. The lowest BCUT2D eigenvalue weighted by Gasteiger charge is -2.23. The molecule has 3 N–H and O–H groups in total. The number of amides is 2. The van der Waals surface area contributed by atoms with E-state index in [1.165, 1.54) is 17.6 Å². The Kier molecular flexibility index (Phi) is 5.32. The minimum absolute atomic E-state index is 0.168. The number of hydrogen-bond acceptors (Lipinski definition) is 5. The van der Waals surface area contributed by atoms with Crippen LogP contribution >= 0.6 is 11.3 Å². The molecule has 0 saturated carbocycles. The molecule has 3 heterocycles. The summed E-state index contributed by atoms with van der Waals surface area (Å²) in [5, 5.41) is 16.0. The van der Waals surface area contributed by atoms with E-state index in [4.69, 9.17) is 9.15 Å². The van der Waals surface area contributed by atoms with Gasteiger partial charge in [-0.25, -0.2) is 4.79 Å². The van der Waals surface area contributed by atoms with E-state index in [0.717, 1.165) is 22.6 Å². The van der Waals surface area contributed by atoms with Crippen molar-refractivity contribution in [2.45, 2.75) is 31.5 Å². The van der Waals surface area contributed by atoms with E-state index in [2.05, 4.69) is 10.6 Å². The normalized spacial score (nSPS) is 16.9. The maximum atomic E-state index is 11.9. The Balaban J connectivity index is 1.48. The van der Waals surface area contributed by atoms with Crippen LogP contribution in [0.3, 0.4) is 0 Å². The van der Waals surface area contributed by atoms with Gasteiger partial charge in [-0.3, -0.25) is 0 Å². The standard InChI is InChI=1S/C16H20N2O4S/c19-15(13-2-1-7-22-13)14-4-3-12(23-14)10-17-16(20)18-11-5-8-21-9-6-11/h1-4,7,11,15,19H,5-6,8-10H2,(H2,17,18,20). The van der Waals surface area contributed by atoms with Crippen LogP contribution in [0.15, 0.2) is 34.9 Å². The van der Waals surface area contributed by atoms with E-state index in [-0.39, 0.29) is 12.1 Å². The highest BCUT2D eigenvalue weighted by molar-refractivity contribution is 7.12. The van der Waals surface area contributed by atoms with Crippen LogP contribution in [0.1, 0.15) is 34.5 Å². The zero-order valence-corrected chi connectivity index (χ0v) is 13.5. The van der Waals surface area contributed by atoms with Gasteiger partial charge < -0.3 is 24.9 Å². The zero-order chi connectivity index (χ0) is 16.1. The van der Waals surface area contributed by atoms with Crippen LogP contribution in [0.2, 0.25) is 0 Å². The van der Waals surface area contributed by atoms with Gasteiger partial charge in [0.15, 0.2) is 0 Å². The number of aliphatic hydroxyl groups excluding tert-OH is 1. The number of furan rings is 1. The smallest absolute Gasteiger partial charge is 0.315 e. The highest BCUT2D eigenvalue weighted by atomic mass is 32.1. The summed E-state index contributed by atoms with van der Waals surface area (Å²) in [5.74, 6) is 0.517. The predicted octanol–water partition coefficient (Wildman–Crippen LogP) is 2.40. The second kappa shape index (κ2) is 7.63. The summed E-state index contributed by atoms with van der Waals surface area (Å²) in [6.45, 7) is 1.83. The Morgan fingerprint density at radius 1 is 1.35 bits per heavy atom. The van der Waals surface area contributed by atoms with Gasteiger partial charge in [-0.1, -0.05) is 0 Å². The van der Waals surface area contributed by atoms with Gasteiger partial charge in [-0.15, -0.1) is 11.3 Å². The first-order chi connectivity index (χ1) is 11.2. The number of ether oxygens (including phenoxy) is 1. The number of urea groups is 1. The Labute approximate surface area is 138 Å². The Morgan fingerprint density at radius 2 is 2.17 bits per heavy atom. The van der Waals surface area contributed by atoms with Crippen molar-refractivity contribution in [1.82, 2.24) is 10.6 Å². The SMILES string of the molecule is O=C(NCc1ccc(C(O)c2ccco2)s1)NC1CCOCC1. The largest absolute Gasteiger partial charge is 0.466 e. The van der Waals surface area contributed by atoms with Crippen LogP contribution in [0.4, 0.5) is 4.79 Å². The average molecular weight is 336 g/mol. The number of rotatable bonds is 5. The van der Waals surface area contributed by atoms with Crippen molar-refractivity contribution in [3.8, 4) is 0 Å². The van der Waals surface area contributed by atoms with Crippen molar-refractivity contribution in [1.29, 1.82) is 0 Å². The third-order valence-corrected chi connectivity index (χ3v) is 4.88. The molecule has 1 saturated heterocycles. The van der Waals surface area contributed by atoms with Crippen LogP contribution in [-0.4, -0.2) is 30.4 Å². The number of carbonyl (C=O) groups excluding carboxylic acids is 1. The lowest BCUT2D eigenvalue weighted by Crippen LogP contribution is -2.44. The molecule has 0 aromatic carbocycles. The molecule has 1 aliphatic rings. The maximum absolute atomic E-state index is 11.9. The molecule has 1 fully saturated rings. The van der Waals surface area contributed by atoms with E-state index in [1.807, 2.05) is 12.1 Å². The number of nitrogens with one attached hydrogen (secondary N) is 2. The molecule has 2 aromatic heterocycles. The van der Waals surface area contributed by atoms with Gasteiger partial charge in [0.25, 0.3) is 0 Å². The van der Waals surface area contributed by atoms with Crippen LogP contribution in [-0.2, 0) is 11.3 Å². The second-order valence-corrected chi connectivity index (χ2v) is 6.64. The fraction of sp³-hybridized carbons (Fsp3) is 0.438. The zero-order valence-electron chi connectivity index (χ0n) is 12.7. The van der Waals surface area contributed by atoms with Crippen LogP contribution < -0.4 is 10.6 Å². The topological polar surface area (TPSA) is 83.7 Å². The molecule has 2 amide bonds. The summed E-state index contributed by atoms with van der Waals surface area (Å²) in [4.78, 5) is 13.7. The van der Waals surface area contributed by atoms with Crippen molar-refractivity contribution in [2.24, 2.45) is 0 Å². The summed E-state index contributed by atoms with van der Waals surface area (Å²) in [6, 6.07) is 7.26. The quantitative estimate of drug-likeness (QED) is 0.783. The number of thiophene rings is 1.